The maximum absolute atomic E-state index is 2.48. The maximum atomic E-state index is 2.48. The Morgan fingerprint density at radius 2 is 1.00 bits per heavy atom. The predicted molar refractivity (Wildman–Crippen MR) is 95.3 cm³/mol. The monoisotopic (exact) mass is 322 g/mol. The van der Waals surface area contributed by atoms with Gasteiger partial charge in [-0.2, -0.15) is 0 Å². The van der Waals surface area contributed by atoms with Crippen LogP contribution in [0.3, 0.4) is 0 Å². The first kappa shape index (κ1) is 12.3. The van der Waals surface area contributed by atoms with E-state index in [2.05, 4.69) is 35.1 Å². The van der Waals surface area contributed by atoms with Gasteiger partial charge in [0, 0.05) is 33.4 Å². The highest BCUT2D eigenvalue weighted by molar-refractivity contribution is 7.20. The lowest BCUT2D eigenvalue weighted by atomic mass is 9.70. The Labute approximate surface area is 139 Å². The number of fused-ring (bicyclic) bond motifs is 2. The molecule has 2 aromatic heterocycles. The van der Waals surface area contributed by atoms with Crippen LogP contribution in [0.25, 0.3) is 9.75 Å². The lowest BCUT2D eigenvalue weighted by molar-refractivity contribution is 0.554. The quantitative estimate of drug-likeness (QED) is 0.523. The molecule has 0 radical (unpaired) electrons. The van der Waals surface area contributed by atoms with Crippen LogP contribution in [0, 0.1) is 0 Å². The third kappa shape index (κ3) is 1.43. The summed E-state index contributed by atoms with van der Waals surface area (Å²) in [5.41, 5.74) is 6.69. The molecular formula is C20H18S2. The minimum Gasteiger partial charge on any atom is -0.142 e. The van der Waals surface area contributed by atoms with Crippen molar-refractivity contribution in [2.24, 2.45) is 0 Å². The average Bonchev–Trinajstić information content (AvgIpc) is 3.23. The molecule has 8 rings (SSSR count). The van der Waals surface area contributed by atoms with Gasteiger partial charge in [0.1, 0.15) is 0 Å². The molecule has 2 aromatic rings. The van der Waals surface area contributed by atoms with Gasteiger partial charge in [0.2, 0.25) is 0 Å². The summed E-state index contributed by atoms with van der Waals surface area (Å²) in [5.74, 6) is 2.79. The van der Waals surface area contributed by atoms with Gasteiger partial charge >= 0.3 is 0 Å². The summed E-state index contributed by atoms with van der Waals surface area (Å²) in [6, 6.07) is 0. The molecule has 0 nitrogen and oxygen atoms in total. The zero-order valence-corrected chi connectivity index (χ0v) is 14.1. The van der Waals surface area contributed by atoms with E-state index in [-0.39, 0.29) is 0 Å². The van der Waals surface area contributed by atoms with Gasteiger partial charge in [-0.3, -0.25) is 0 Å². The fraction of sp³-hybridized carbons (Fsp3) is 0.400. The highest BCUT2D eigenvalue weighted by Gasteiger charge is 2.37. The number of hydrogen-bond acceptors (Lipinski definition) is 2. The van der Waals surface area contributed by atoms with E-state index in [1.165, 1.54) is 25.7 Å². The minimum absolute atomic E-state index is 0.690. The molecule has 0 aromatic carbocycles. The molecule has 4 bridgehead atoms. The van der Waals surface area contributed by atoms with Gasteiger partial charge in [-0.05, 0) is 58.7 Å². The number of rotatable bonds is 1. The van der Waals surface area contributed by atoms with E-state index in [0.717, 1.165) is 0 Å². The summed E-state index contributed by atoms with van der Waals surface area (Å²) in [6.07, 6.45) is 15.3. The molecule has 2 heteroatoms. The molecule has 6 aliphatic carbocycles. The van der Waals surface area contributed by atoms with Crippen LogP contribution >= 0.6 is 22.7 Å². The van der Waals surface area contributed by atoms with Crippen LogP contribution in [0.15, 0.2) is 35.1 Å². The molecule has 2 heterocycles. The van der Waals surface area contributed by atoms with Gasteiger partial charge in [-0.25, -0.2) is 0 Å². The van der Waals surface area contributed by atoms with E-state index in [0.29, 0.717) is 23.7 Å². The van der Waals surface area contributed by atoms with E-state index < -0.39 is 0 Å². The van der Waals surface area contributed by atoms with Gasteiger partial charge in [0.05, 0.1) is 0 Å². The SMILES string of the molecule is C1=CC2CCC1c1csc(-c3scc4c3C3C=CC4CC3)c12. The third-order valence-electron chi connectivity index (χ3n) is 6.19. The highest BCUT2D eigenvalue weighted by atomic mass is 32.1. The van der Waals surface area contributed by atoms with Crippen molar-refractivity contribution in [3.8, 4) is 9.75 Å². The number of allylic oxidation sites excluding steroid dienone is 4. The Kier molecular flexibility index (Phi) is 2.37. The van der Waals surface area contributed by atoms with Crippen molar-refractivity contribution in [1.29, 1.82) is 0 Å². The molecule has 4 unspecified atom stereocenters. The van der Waals surface area contributed by atoms with Gasteiger partial charge in [-0.1, -0.05) is 24.3 Å². The first-order chi connectivity index (χ1) is 10.9. The second-order valence-electron chi connectivity index (χ2n) is 7.22. The molecule has 0 N–H and O–H groups in total. The molecule has 0 saturated heterocycles. The number of hydrogen-bond donors (Lipinski definition) is 0. The summed E-state index contributed by atoms with van der Waals surface area (Å²) in [4.78, 5) is 3.22. The first-order valence-corrected chi connectivity index (χ1v) is 10.3. The van der Waals surface area contributed by atoms with Gasteiger partial charge < -0.3 is 0 Å². The molecule has 0 spiro atoms. The minimum atomic E-state index is 0.690. The zero-order chi connectivity index (χ0) is 14.3. The first-order valence-electron chi connectivity index (χ1n) is 8.49. The lowest BCUT2D eigenvalue weighted by Gasteiger charge is -2.33. The van der Waals surface area contributed by atoms with Crippen molar-refractivity contribution in [2.45, 2.75) is 49.4 Å². The van der Waals surface area contributed by atoms with Crippen molar-refractivity contribution < 1.29 is 0 Å². The Morgan fingerprint density at radius 3 is 1.41 bits per heavy atom. The number of thiophene rings is 2. The normalized spacial score (nSPS) is 33.3. The highest BCUT2D eigenvalue weighted by Crippen LogP contribution is 2.56. The summed E-state index contributed by atoms with van der Waals surface area (Å²) in [6.45, 7) is 0. The Hall–Kier alpha value is -1.12. The van der Waals surface area contributed by atoms with Crippen LogP contribution < -0.4 is 0 Å². The van der Waals surface area contributed by atoms with E-state index >= 15 is 0 Å². The Balaban J connectivity index is 1.57. The standard InChI is InChI=1S/C20H18S2/c1-5-13-6-2-11(1)15-9-21-19(17(13)15)20-18-14-7-3-12(4-8-14)16(18)10-22-20/h1,3,5,7,9-14H,2,4,6,8H2. The van der Waals surface area contributed by atoms with Crippen LogP contribution in [0.2, 0.25) is 0 Å². The molecule has 6 aliphatic rings. The van der Waals surface area contributed by atoms with E-state index in [1.54, 1.807) is 32.0 Å². The van der Waals surface area contributed by atoms with Gasteiger partial charge in [-0.15, -0.1) is 22.7 Å². The van der Waals surface area contributed by atoms with Crippen molar-refractivity contribution in [2.75, 3.05) is 0 Å². The van der Waals surface area contributed by atoms with Crippen molar-refractivity contribution in [3.63, 3.8) is 0 Å². The molecule has 0 fully saturated rings. The fourth-order valence-electron chi connectivity index (χ4n) is 5.09. The van der Waals surface area contributed by atoms with Crippen molar-refractivity contribution >= 4 is 22.7 Å². The van der Waals surface area contributed by atoms with Gasteiger partial charge in [0.25, 0.3) is 0 Å². The van der Waals surface area contributed by atoms with Crippen LogP contribution in [0.1, 0.15) is 71.6 Å². The third-order valence-corrected chi connectivity index (χ3v) is 8.39. The Morgan fingerprint density at radius 1 is 0.591 bits per heavy atom. The van der Waals surface area contributed by atoms with Crippen LogP contribution in [0.5, 0.6) is 0 Å². The van der Waals surface area contributed by atoms with Crippen molar-refractivity contribution in [1.82, 2.24) is 0 Å². The van der Waals surface area contributed by atoms with E-state index in [4.69, 9.17) is 0 Å². The molecule has 0 amide bonds. The smallest absolute Gasteiger partial charge is 0.0486 e. The summed E-state index contributed by atoms with van der Waals surface area (Å²) in [7, 11) is 0. The molecule has 110 valence electrons. The summed E-state index contributed by atoms with van der Waals surface area (Å²) in [5, 5.41) is 4.93. The van der Waals surface area contributed by atoms with Crippen LogP contribution in [-0.2, 0) is 0 Å². The average molecular weight is 322 g/mol. The second kappa shape index (κ2) is 4.24. The lowest BCUT2D eigenvalue weighted by Crippen LogP contribution is -2.17. The molecular weight excluding hydrogens is 304 g/mol. The van der Waals surface area contributed by atoms with E-state index in [9.17, 15) is 0 Å². The molecule has 22 heavy (non-hydrogen) atoms. The summed E-state index contributed by atoms with van der Waals surface area (Å²) < 4.78 is 0. The molecule has 0 saturated carbocycles. The zero-order valence-electron chi connectivity index (χ0n) is 12.4. The topological polar surface area (TPSA) is 0 Å². The second-order valence-corrected chi connectivity index (χ2v) is 8.98. The van der Waals surface area contributed by atoms with E-state index in [1.807, 2.05) is 22.7 Å². The maximum Gasteiger partial charge on any atom is 0.0486 e. The molecule has 4 atom stereocenters. The fourth-order valence-corrected chi connectivity index (χ4v) is 7.70. The molecule has 0 aliphatic heterocycles. The van der Waals surface area contributed by atoms with Crippen LogP contribution in [-0.4, -0.2) is 0 Å². The Bertz CT molecular complexity index is 762. The van der Waals surface area contributed by atoms with Crippen LogP contribution in [0.4, 0.5) is 0 Å². The van der Waals surface area contributed by atoms with Gasteiger partial charge in [0.15, 0.2) is 0 Å². The summed E-state index contributed by atoms with van der Waals surface area (Å²) >= 11 is 4.03. The largest absolute Gasteiger partial charge is 0.142 e. The van der Waals surface area contributed by atoms with Crippen molar-refractivity contribution in [3.05, 3.63) is 57.3 Å². The predicted octanol–water partition coefficient (Wildman–Crippen LogP) is 6.54.